The van der Waals surface area contributed by atoms with Gasteiger partial charge in [-0.1, -0.05) is 16.8 Å². The Bertz CT molecular complexity index is 581. The number of rotatable bonds is 7. The number of amides is 1. The van der Waals surface area contributed by atoms with E-state index < -0.39 is 0 Å². The molecule has 3 N–H and O–H groups in total. The number of nitrogens with zero attached hydrogens (tertiary/aromatic N) is 3. The van der Waals surface area contributed by atoms with Crippen molar-refractivity contribution in [3.8, 4) is 0 Å². The van der Waals surface area contributed by atoms with Crippen molar-refractivity contribution >= 4 is 23.2 Å². The highest BCUT2D eigenvalue weighted by Gasteiger charge is 2.06. The normalized spacial score (nSPS) is 10.6. The molecule has 0 aliphatic rings. The van der Waals surface area contributed by atoms with Crippen LogP contribution in [0.2, 0.25) is 5.02 Å². The van der Waals surface area contributed by atoms with Crippen molar-refractivity contribution in [2.45, 2.75) is 25.8 Å². The molecular weight excluding hydrogens is 290 g/mol. The number of unbranched alkanes of at least 4 members (excludes halogenated alkanes) is 1. The van der Waals surface area contributed by atoms with Gasteiger partial charge in [-0.25, -0.2) is 4.68 Å². The van der Waals surface area contributed by atoms with Crippen molar-refractivity contribution in [2.75, 3.05) is 11.9 Å². The van der Waals surface area contributed by atoms with E-state index in [9.17, 15) is 4.79 Å². The lowest BCUT2D eigenvalue weighted by molar-refractivity contribution is -0.116. The monoisotopic (exact) mass is 307 g/mol. The van der Waals surface area contributed by atoms with Crippen LogP contribution in [0, 0.1) is 0 Å². The van der Waals surface area contributed by atoms with E-state index in [1.807, 2.05) is 0 Å². The predicted molar refractivity (Wildman–Crippen MR) is 82.1 cm³/mol. The molecule has 2 rings (SSSR count). The standard InChI is InChI=1S/C14H18ClN5O/c15-11-4-6-12(7-5-11)17-14(21)10-20-9-13(18-19-20)3-1-2-8-16/h4-7,9H,1-3,8,10,16H2,(H,17,21). The van der Waals surface area contributed by atoms with Crippen LogP contribution in [-0.2, 0) is 17.8 Å². The first-order valence-electron chi connectivity index (χ1n) is 6.82. The number of benzene rings is 1. The molecule has 1 aromatic carbocycles. The summed E-state index contributed by atoms with van der Waals surface area (Å²) in [4.78, 5) is 11.9. The lowest BCUT2D eigenvalue weighted by Gasteiger charge is -2.04. The zero-order valence-electron chi connectivity index (χ0n) is 11.6. The molecule has 0 saturated carbocycles. The van der Waals surface area contributed by atoms with Crippen molar-refractivity contribution in [3.63, 3.8) is 0 Å². The van der Waals surface area contributed by atoms with Gasteiger partial charge in [-0.2, -0.15) is 0 Å². The summed E-state index contributed by atoms with van der Waals surface area (Å²) in [7, 11) is 0. The lowest BCUT2D eigenvalue weighted by atomic mass is 10.2. The first-order valence-corrected chi connectivity index (χ1v) is 7.19. The molecule has 0 saturated heterocycles. The number of halogens is 1. The molecule has 0 bridgehead atoms. The van der Waals surface area contributed by atoms with Crippen molar-refractivity contribution in [3.05, 3.63) is 41.2 Å². The van der Waals surface area contributed by atoms with E-state index in [2.05, 4.69) is 15.6 Å². The van der Waals surface area contributed by atoms with Crippen molar-refractivity contribution in [1.29, 1.82) is 0 Å². The lowest BCUT2D eigenvalue weighted by Crippen LogP contribution is -2.19. The van der Waals surface area contributed by atoms with Crippen LogP contribution in [-0.4, -0.2) is 27.4 Å². The highest BCUT2D eigenvalue weighted by Crippen LogP contribution is 2.13. The number of carbonyl (C=O) groups excluding carboxylic acids is 1. The largest absolute Gasteiger partial charge is 0.330 e. The number of aryl methyl sites for hydroxylation is 1. The summed E-state index contributed by atoms with van der Waals surface area (Å²) < 4.78 is 1.53. The summed E-state index contributed by atoms with van der Waals surface area (Å²) in [6, 6.07) is 6.95. The van der Waals surface area contributed by atoms with Crippen LogP contribution in [0.15, 0.2) is 30.5 Å². The molecule has 1 heterocycles. The third kappa shape index (κ3) is 5.17. The first kappa shape index (κ1) is 15.5. The van der Waals surface area contributed by atoms with Gasteiger partial charge in [-0.15, -0.1) is 5.10 Å². The molecule has 0 aliphatic heterocycles. The summed E-state index contributed by atoms with van der Waals surface area (Å²) in [6.45, 7) is 0.810. The maximum absolute atomic E-state index is 11.9. The van der Waals surface area contributed by atoms with Crippen LogP contribution in [0.5, 0.6) is 0 Å². The molecule has 0 fully saturated rings. The number of hydrogen-bond acceptors (Lipinski definition) is 4. The second-order valence-corrected chi connectivity index (χ2v) is 5.14. The minimum Gasteiger partial charge on any atom is -0.330 e. The quantitative estimate of drug-likeness (QED) is 0.764. The summed E-state index contributed by atoms with van der Waals surface area (Å²) in [5, 5.41) is 11.4. The molecule has 7 heteroatoms. The minimum absolute atomic E-state index is 0.131. The zero-order valence-corrected chi connectivity index (χ0v) is 12.4. The van der Waals surface area contributed by atoms with E-state index in [0.717, 1.165) is 25.0 Å². The highest BCUT2D eigenvalue weighted by atomic mass is 35.5. The van der Waals surface area contributed by atoms with E-state index in [-0.39, 0.29) is 12.5 Å². The maximum Gasteiger partial charge on any atom is 0.246 e. The molecule has 6 nitrogen and oxygen atoms in total. The second-order valence-electron chi connectivity index (χ2n) is 4.71. The van der Waals surface area contributed by atoms with Crippen LogP contribution in [0.3, 0.4) is 0 Å². The van der Waals surface area contributed by atoms with Crippen LogP contribution in [0.25, 0.3) is 0 Å². The van der Waals surface area contributed by atoms with Gasteiger partial charge in [0.2, 0.25) is 5.91 Å². The molecule has 0 radical (unpaired) electrons. The van der Waals surface area contributed by atoms with Crippen LogP contribution < -0.4 is 11.1 Å². The van der Waals surface area contributed by atoms with Gasteiger partial charge < -0.3 is 11.1 Å². The maximum atomic E-state index is 11.9. The SMILES string of the molecule is NCCCCc1cn(CC(=O)Nc2ccc(Cl)cc2)nn1. The van der Waals surface area contributed by atoms with Gasteiger partial charge in [-0.3, -0.25) is 4.79 Å². The van der Waals surface area contributed by atoms with Crippen molar-refractivity contribution in [2.24, 2.45) is 5.73 Å². The number of anilines is 1. The molecule has 0 spiro atoms. The number of nitrogens with two attached hydrogens (primary N) is 1. The number of hydrogen-bond donors (Lipinski definition) is 2. The van der Waals surface area contributed by atoms with Gasteiger partial charge >= 0.3 is 0 Å². The fraction of sp³-hybridized carbons (Fsp3) is 0.357. The third-order valence-corrected chi connectivity index (χ3v) is 3.16. The van der Waals surface area contributed by atoms with E-state index in [1.165, 1.54) is 4.68 Å². The Balaban J connectivity index is 1.83. The van der Waals surface area contributed by atoms with Gasteiger partial charge in [0.05, 0.1) is 5.69 Å². The topological polar surface area (TPSA) is 85.8 Å². The first-order chi connectivity index (χ1) is 10.2. The van der Waals surface area contributed by atoms with Gasteiger partial charge in [0.1, 0.15) is 6.54 Å². The molecule has 2 aromatic rings. The van der Waals surface area contributed by atoms with Crippen molar-refractivity contribution in [1.82, 2.24) is 15.0 Å². The molecule has 1 amide bonds. The van der Waals surface area contributed by atoms with E-state index in [1.54, 1.807) is 30.5 Å². The van der Waals surface area contributed by atoms with E-state index in [4.69, 9.17) is 17.3 Å². The molecule has 112 valence electrons. The smallest absolute Gasteiger partial charge is 0.246 e. The molecule has 1 aromatic heterocycles. The zero-order chi connectivity index (χ0) is 15.1. The molecule has 0 atom stereocenters. The van der Waals surface area contributed by atoms with Gasteiger partial charge in [0.25, 0.3) is 0 Å². The average molecular weight is 308 g/mol. The number of carbonyl (C=O) groups is 1. The number of aromatic nitrogens is 3. The number of nitrogens with one attached hydrogen (secondary N) is 1. The van der Waals surface area contributed by atoms with Crippen LogP contribution >= 0.6 is 11.6 Å². The third-order valence-electron chi connectivity index (χ3n) is 2.91. The minimum atomic E-state index is -0.157. The van der Waals surface area contributed by atoms with Crippen molar-refractivity contribution < 1.29 is 4.79 Å². The Hall–Kier alpha value is -1.92. The molecular formula is C14H18ClN5O. The van der Waals surface area contributed by atoms with Gasteiger partial charge in [0, 0.05) is 16.9 Å². The Kier molecular flexibility index (Phi) is 5.71. The summed E-state index contributed by atoms with van der Waals surface area (Å²) >= 11 is 5.79. The fourth-order valence-electron chi connectivity index (χ4n) is 1.86. The average Bonchev–Trinajstić information content (AvgIpc) is 2.89. The van der Waals surface area contributed by atoms with E-state index in [0.29, 0.717) is 17.3 Å². The summed E-state index contributed by atoms with van der Waals surface area (Å²) in [6.07, 6.45) is 4.56. The molecule has 21 heavy (non-hydrogen) atoms. The molecule has 0 aliphatic carbocycles. The van der Waals surface area contributed by atoms with E-state index >= 15 is 0 Å². The van der Waals surface area contributed by atoms with Gasteiger partial charge in [0.15, 0.2) is 0 Å². The van der Waals surface area contributed by atoms with Gasteiger partial charge in [-0.05, 0) is 50.1 Å². The Labute approximate surface area is 128 Å². The van der Waals surface area contributed by atoms with Crippen LogP contribution in [0.1, 0.15) is 18.5 Å². The van der Waals surface area contributed by atoms with Crippen LogP contribution in [0.4, 0.5) is 5.69 Å². The Morgan fingerprint density at radius 1 is 1.29 bits per heavy atom. The Morgan fingerprint density at radius 3 is 2.76 bits per heavy atom. The summed E-state index contributed by atoms with van der Waals surface area (Å²) in [5.74, 6) is -0.157. The fourth-order valence-corrected chi connectivity index (χ4v) is 1.99. The summed E-state index contributed by atoms with van der Waals surface area (Å²) in [5.41, 5.74) is 7.02. The Morgan fingerprint density at radius 2 is 2.05 bits per heavy atom. The molecule has 0 unspecified atom stereocenters. The predicted octanol–water partition coefficient (Wildman–Crippen LogP) is 1.85. The second kappa shape index (κ2) is 7.75. The highest BCUT2D eigenvalue weighted by molar-refractivity contribution is 6.30.